The highest BCUT2D eigenvalue weighted by Crippen LogP contribution is 2.46. The largest absolute Gasteiger partial charge is 0.309 e. The molecule has 2 aliphatic heterocycles. The number of piperazine rings is 1. The molecular weight excluding hydrogens is 258 g/mol. The second kappa shape index (κ2) is 3.79. The molecule has 0 spiro atoms. The number of carbonyl (C=O) groups is 1. The number of amides is 1. The smallest absolute Gasteiger partial charge is 0.269 e. The van der Waals surface area contributed by atoms with Gasteiger partial charge < -0.3 is 4.90 Å². The molecule has 2 saturated heterocycles. The fraction of sp³-hybridized carbons (Fsp3) is 0.500. The highest BCUT2D eigenvalue weighted by atomic mass is 16.6. The van der Waals surface area contributed by atoms with Gasteiger partial charge in [0, 0.05) is 36.4 Å². The Kier molecular flexibility index (Phi) is 2.47. The molecule has 0 N–H and O–H groups in total. The summed E-state index contributed by atoms with van der Waals surface area (Å²) in [5.41, 5.74) is 0.270. The van der Waals surface area contributed by atoms with Gasteiger partial charge in [0.05, 0.1) is 4.92 Å². The number of benzene rings is 1. The van der Waals surface area contributed by atoms with Crippen LogP contribution in [-0.4, -0.2) is 39.9 Å². The van der Waals surface area contributed by atoms with Crippen molar-refractivity contribution in [2.75, 3.05) is 18.0 Å². The monoisotopic (exact) mass is 275 g/mol. The van der Waals surface area contributed by atoms with Crippen molar-refractivity contribution < 1.29 is 9.72 Å². The first-order valence-corrected chi connectivity index (χ1v) is 6.60. The SMILES string of the molecule is CC1(C)CN(c2ccc([N+](=O)[O-])cc2)C(=O)[C@]2(C)CN12. The molecule has 6 heteroatoms. The number of non-ortho nitro benzene ring substituents is 1. The van der Waals surface area contributed by atoms with Crippen LogP contribution < -0.4 is 4.90 Å². The Morgan fingerprint density at radius 2 is 1.75 bits per heavy atom. The lowest BCUT2D eigenvalue weighted by Crippen LogP contribution is -2.58. The molecule has 20 heavy (non-hydrogen) atoms. The van der Waals surface area contributed by atoms with Crippen molar-refractivity contribution in [3.05, 3.63) is 34.4 Å². The molecule has 6 nitrogen and oxygen atoms in total. The summed E-state index contributed by atoms with van der Waals surface area (Å²) >= 11 is 0. The van der Waals surface area contributed by atoms with E-state index in [0.717, 1.165) is 12.2 Å². The van der Waals surface area contributed by atoms with E-state index in [1.807, 2.05) is 6.92 Å². The van der Waals surface area contributed by atoms with Crippen LogP contribution in [0.15, 0.2) is 24.3 Å². The van der Waals surface area contributed by atoms with Gasteiger partial charge in [-0.1, -0.05) is 0 Å². The van der Waals surface area contributed by atoms with Crippen molar-refractivity contribution in [3.8, 4) is 0 Å². The summed E-state index contributed by atoms with van der Waals surface area (Å²) in [4.78, 5) is 26.7. The normalized spacial score (nSPS) is 30.9. The summed E-state index contributed by atoms with van der Waals surface area (Å²) in [5, 5.41) is 10.7. The molecule has 0 aromatic heterocycles. The summed E-state index contributed by atoms with van der Waals surface area (Å²) in [6.07, 6.45) is 0. The molecule has 2 heterocycles. The molecule has 2 fully saturated rings. The third-order valence-corrected chi connectivity index (χ3v) is 4.31. The van der Waals surface area contributed by atoms with Gasteiger partial charge in [0.15, 0.2) is 0 Å². The molecular formula is C14H17N3O3. The second-order valence-corrected chi connectivity index (χ2v) is 6.34. The van der Waals surface area contributed by atoms with Crippen molar-refractivity contribution in [2.24, 2.45) is 0 Å². The molecule has 1 aromatic carbocycles. The van der Waals surface area contributed by atoms with E-state index < -0.39 is 10.5 Å². The topological polar surface area (TPSA) is 66.5 Å². The second-order valence-electron chi connectivity index (χ2n) is 6.34. The van der Waals surface area contributed by atoms with Gasteiger partial charge in [0.1, 0.15) is 5.54 Å². The molecule has 1 amide bonds. The predicted octanol–water partition coefficient (Wildman–Crippen LogP) is 1.79. The van der Waals surface area contributed by atoms with Gasteiger partial charge in [0.25, 0.3) is 5.69 Å². The molecule has 0 radical (unpaired) electrons. The summed E-state index contributed by atoms with van der Waals surface area (Å²) < 4.78 is 0. The lowest BCUT2D eigenvalue weighted by atomic mass is 9.97. The molecule has 1 unspecified atom stereocenters. The molecule has 1 aromatic rings. The number of carbonyl (C=O) groups excluding carboxylic acids is 1. The first kappa shape index (κ1) is 13.1. The maximum atomic E-state index is 12.5. The molecule has 0 bridgehead atoms. The van der Waals surface area contributed by atoms with Crippen LogP contribution in [0.1, 0.15) is 20.8 Å². The maximum absolute atomic E-state index is 12.5. The molecule has 0 saturated carbocycles. The van der Waals surface area contributed by atoms with Gasteiger partial charge in [-0.3, -0.25) is 19.8 Å². The predicted molar refractivity (Wildman–Crippen MR) is 74.6 cm³/mol. The van der Waals surface area contributed by atoms with E-state index in [1.54, 1.807) is 17.0 Å². The van der Waals surface area contributed by atoms with Crippen LogP contribution >= 0.6 is 0 Å². The fourth-order valence-corrected chi connectivity index (χ4v) is 3.14. The average molecular weight is 275 g/mol. The van der Waals surface area contributed by atoms with Crippen LogP contribution in [0.4, 0.5) is 11.4 Å². The Balaban J connectivity index is 1.93. The van der Waals surface area contributed by atoms with Crippen LogP contribution in [0, 0.1) is 10.1 Å². The first-order valence-electron chi connectivity index (χ1n) is 6.60. The van der Waals surface area contributed by atoms with Crippen LogP contribution in [0.2, 0.25) is 0 Å². The first-order chi connectivity index (χ1) is 9.25. The zero-order valence-corrected chi connectivity index (χ0v) is 11.8. The van der Waals surface area contributed by atoms with E-state index >= 15 is 0 Å². The van der Waals surface area contributed by atoms with E-state index in [4.69, 9.17) is 0 Å². The maximum Gasteiger partial charge on any atom is 0.269 e. The minimum atomic E-state index is -0.435. The minimum absolute atomic E-state index is 0.0386. The lowest BCUT2D eigenvalue weighted by Gasteiger charge is -2.41. The Bertz CT molecular complexity index is 596. The number of hydrogen-bond donors (Lipinski definition) is 0. The van der Waals surface area contributed by atoms with Crippen molar-refractivity contribution >= 4 is 17.3 Å². The van der Waals surface area contributed by atoms with Crippen molar-refractivity contribution in [3.63, 3.8) is 0 Å². The molecule has 0 aliphatic carbocycles. The van der Waals surface area contributed by atoms with Gasteiger partial charge in [-0.25, -0.2) is 0 Å². The summed E-state index contributed by atoms with van der Waals surface area (Å²) in [6.45, 7) is 7.56. The average Bonchev–Trinajstić information content (AvgIpc) is 3.10. The molecule has 2 aliphatic rings. The van der Waals surface area contributed by atoms with Crippen molar-refractivity contribution in [1.29, 1.82) is 0 Å². The van der Waals surface area contributed by atoms with E-state index in [-0.39, 0.29) is 17.1 Å². The summed E-state index contributed by atoms with van der Waals surface area (Å²) in [7, 11) is 0. The van der Waals surface area contributed by atoms with Gasteiger partial charge >= 0.3 is 0 Å². The van der Waals surface area contributed by atoms with Gasteiger partial charge in [-0.15, -0.1) is 0 Å². The molecule has 2 atom stereocenters. The number of nitro benzene ring substituents is 1. The number of anilines is 1. The standard InChI is InChI=1S/C14H17N3O3/c1-13(2)8-15(12(18)14(3)9-16(13)14)10-4-6-11(7-5-10)17(19)20/h4-7H,8-9H2,1-3H3/t14-,16?/m0/s1. The van der Waals surface area contributed by atoms with Crippen LogP contribution in [0.25, 0.3) is 0 Å². The molecule has 3 rings (SSSR count). The number of fused-ring (bicyclic) bond motifs is 1. The Morgan fingerprint density at radius 1 is 1.15 bits per heavy atom. The Hall–Kier alpha value is -1.95. The Labute approximate surface area is 117 Å². The number of hydrogen-bond acceptors (Lipinski definition) is 4. The Morgan fingerprint density at radius 3 is 2.30 bits per heavy atom. The summed E-state index contributed by atoms with van der Waals surface area (Å²) in [6, 6.07) is 6.18. The zero-order valence-electron chi connectivity index (χ0n) is 11.8. The fourth-order valence-electron chi connectivity index (χ4n) is 3.14. The zero-order chi connectivity index (χ0) is 14.7. The third-order valence-electron chi connectivity index (χ3n) is 4.31. The van der Waals surface area contributed by atoms with E-state index in [9.17, 15) is 14.9 Å². The lowest BCUT2D eigenvalue weighted by molar-refractivity contribution is -0.384. The van der Waals surface area contributed by atoms with Crippen molar-refractivity contribution in [2.45, 2.75) is 31.8 Å². The van der Waals surface area contributed by atoms with Crippen LogP contribution in [-0.2, 0) is 4.79 Å². The van der Waals surface area contributed by atoms with Gasteiger partial charge in [-0.05, 0) is 32.9 Å². The van der Waals surface area contributed by atoms with Crippen LogP contribution in [0.3, 0.4) is 0 Å². The van der Waals surface area contributed by atoms with Crippen LogP contribution in [0.5, 0.6) is 0 Å². The highest BCUT2D eigenvalue weighted by molar-refractivity contribution is 6.03. The van der Waals surface area contributed by atoms with E-state index in [2.05, 4.69) is 18.7 Å². The highest BCUT2D eigenvalue weighted by Gasteiger charge is 2.64. The number of nitrogens with zero attached hydrogens (tertiary/aromatic N) is 3. The van der Waals surface area contributed by atoms with E-state index in [0.29, 0.717) is 6.54 Å². The quantitative estimate of drug-likeness (QED) is 0.469. The van der Waals surface area contributed by atoms with Gasteiger partial charge in [0.2, 0.25) is 5.91 Å². The third kappa shape index (κ3) is 1.71. The molecule has 106 valence electrons. The number of nitro groups is 1. The van der Waals surface area contributed by atoms with E-state index in [1.165, 1.54) is 12.1 Å². The summed E-state index contributed by atoms with van der Waals surface area (Å²) in [5.74, 6) is 0.0747. The van der Waals surface area contributed by atoms with Gasteiger partial charge in [-0.2, -0.15) is 0 Å². The number of rotatable bonds is 2. The minimum Gasteiger partial charge on any atom is -0.309 e. The van der Waals surface area contributed by atoms with Crippen molar-refractivity contribution in [1.82, 2.24) is 4.90 Å².